The van der Waals surface area contributed by atoms with Gasteiger partial charge in [0, 0.05) is 12.2 Å². The van der Waals surface area contributed by atoms with Gasteiger partial charge in [0.1, 0.15) is 5.75 Å². The molecule has 3 heteroatoms. The quantitative estimate of drug-likeness (QED) is 0.763. The van der Waals surface area contributed by atoms with E-state index >= 15 is 0 Å². The summed E-state index contributed by atoms with van der Waals surface area (Å²) in [5.41, 5.74) is 2.04. The van der Waals surface area contributed by atoms with Crippen LogP contribution in [0.4, 0.5) is 0 Å². The zero-order valence-electron chi connectivity index (χ0n) is 10.9. The minimum Gasteiger partial charge on any atom is -0.497 e. The molecule has 3 nitrogen and oxygen atoms in total. The molecule has 0 saturated carbocycles. The normalized spacial score (nSPS) is 30.6. The van der Waals surface area contributed by atoms with Crippen molar-refractivity contribution in [2.24, 2.45) is 11.3 Å². The number of benzene rings is 1. The number of carbonyl (C=O) groups is 1. The first-order chi connectivity index (χ1) is 8.64. The van der Waals surface area contributed by atoms with Gasteiger partial charge in [-0.15, -0.1) is 0 Å². The van der Waals surface area contributed by atoms with Crippen LogP contribution < -0.4 is 4.74 Å². The number of fused-ring (bicyclic) bond motifs is 2. The molecule has 18 heavy (non-hydrogen) atoms. The van der Waals surface area contributed by atoms with Crippen molar-refractivity contribution in [3.8, 4) is 5.75 Å². The fourth-order valence-corrected chi connectivity index (χ4v) is 3.17. The van der Waals surface area contributed by atoms with E-state index in [1.807, 2.05) is 18.2 Å². The molecule has 0 bridgehead atoms. The van der Waals surface area contributed by atoms with Gasteiger partial charge in [0.15, 0.2) is 5.78 Å². The molecule has 0 radical (unpaired) electrons. The number of methoxy groups -OCH3 is 1. The van der Waals surface area contributed by atoms with Gasteiger partial charge in [0.05, 0.1) is 19.6 Å². The first-order valence-corrected chi connectivity index (χ1v) is 6.43. The molecule has 2 atom stereocenters. The molecule has 2 aliphatic rings. The molecule has 0 spiro atoms. The molecule has 0 unspecified atom stereocenters. The van der Waals surface area contributed by atoms with Gasteiger partial charge in [-0.05, 0) is 36.0 Å². The van der Waals surface area contributed by atoms with Gasteiger partial charge in [-0.25, -0.2) is 0 Å². The monoisotopic (exact) mass is 246 g/mol. The highest BCUT2D eigenvalue weighted by Gasteiger charge is 2.46. The van der Waals surface area contributed by atoms with Crippen LogP contribution in [0.25, 0.3) is 0 Å². The molecule has 1 aliphatic heterocycles. The third-order valence-corrected chi connectivity index (χ3v) is 4.44. The molecule has 1 aliphatic carbocycles. The van der Waals surface area contributed by atoms with Gasteiger partial charge in [-0.1, -0.05) is 13.0 Å². The lowest BCUT2D eigenvalue weighted by atomic mass is 9.63. The third-order valence-electron chi connectivity index (χ3n) is 4.44. The van der Waals surface area contributed by atoms with Crippen LogP contribution in [0.1, 0.15) is 29.3 Å². The Bertz CT molecular complexity index is 495. The highest BCUT2D eigenvalue weighted by molar-refractivity contribution is 6.01. The van der Waals surface area contributed by atoms with Gasteiger partial charge in [0.25, 0.3) is 0 Å². The highest BCUT2D eigenvalue weighted by atomic mass is 16.5. The molecule has 3 rings (SSSR count). The maximum atomic E-state index is 12.6. The standard InChI is InChI=1S/C15H18O3/c1-15-5-6-18-9-13(15)14(16)12-7-11(17-2)4-3-10(12)8-15/h3-4,7,13H,5-6,8-9H2,1-2H3/t13-,15-/m0/s1. The molecular weight excluding hydrogens is 228 g/mol. The molecule has 0 amide bonds. The molecule has 1 aromatic rings. The largest absolute Gasteiger partial charge is 0.497 e. The minimum atomic E-state index is 0.00542. The number of hydrogen-bond acceptors (Lipinski definition) is 3. The number of hydrogen-bond donors (Lipinski definition) is 0. The first kappa shape index (κ1) is 11.7. The molecule has 96 valence electrons. The van der Waals surface area contributed by atoms with Crippen LogP contribution in [0, 0.1) is 11.3 Å². The van der Waals surface area contributed by atoms with Crippen molar-refractivity contribution in [3.63, 3.8) is 0 Å². The Morgan fingerprint density at radius 3 is 3.06 bits per heavy atom. The van der Waals surface area contributed by atoms with Crippen LogP contribution in [0.15, 0.2) is 18.2 Å². The summed E-state index contributed by atoms with van der Waals surface area (Å²) >= 11 is 0. The van der Waals surface area contributed by atoms with Crippen LogP contribution in [0.5, 0.6) is 5.75 Å². The topological polar surface area (TPSA) is 35.5 Å². The molecule has 1 heterocycles. The molecular formula is C15H18O3. The molecule has 1 fully saturated rings. The minimum absolute atomic E-state index is 0.00542. The van der Waals surface area contributed by atoms with Gasteiger partial charge in [-0.2, -0.15) is 0 Å². The van der Waals surface area contributed by atoms with Crippen LogP contribution in [0.3, 0.4) is 0 Å². The molecule has 0 N–H and O–H groups in total. The summed E-state index contributed by atoms with van der Waals surface area (Å²) in [6, 6.07) is 5.84. The van der Waals surface area contributed by atoms with Crippen molar-refractivity contribution >= 4 is 5.78 Å². The third kappa shape index (κ3) is 1.65. The van der Waals surface area contributed by atoms with Gasteiger partial charge >= 0.3 is 0 Å². The lowest BCUT2D eigenvalue weighted by Crippen LogP contribution is -2.46. The van der Waals surface area contributed by atoms with Crippen molar-refractivity contribution in [1.29, 1.82) is 0 Å². The second-order valence-corrected chi connectivity index (χ2v) is 5.60. The van der Waals surface area contributed by atoms with E-state index in [4.69, 9.17) is 9.47 Å². The van der Waals surface area contributed by atoms with Crippen LogP contribution in [-0.2, 0) is 11.2 Å². The van der Waals surface area contributed by atoms with Crippen molar-refractivity contribution in [2.75, 3.05) is 20.3 Å². The number of ether oxygens (including phenoxy) is 2. The number of Topliss-reactive ketones (excluding diaryl/α,β-unsaturated/α-hetero) is 1. The van der Waals surface area contributed by atoms with E-state index in [0.29, 0.717) is 6.61 Å². The second kappa shape index (κ2) is 4.09. The zero-order valence-corrected chi connectivity index (χ0v) is 10.9. The second-order valence-electron chi connectivity index (χ2n) is 5.60. The SMILES string of the molecule is COc1ccc2c(c1)C(=O)[C@@H]1COCC[C@@]1(C)C2. The average molecular weight is 246 g/mol. The molecule has 0 aromatic heterocycles. The zero-order chi connectivity index (χ0) is 12.8. The maximum absolute atomic E-state index is 12.6. The van der Waals surface area contributed by atoms with E-state index in [-0.39, 0.29) is 17.1 Å². The number of rotatable bonds is 1. The predicted molar refractivity (Wildman–Crippen MR) is 68.1 cm³/mol. The van der Waals surface area contributed by atoms with Gasteiger partial charge < -0.3 is 9.47 Å². The van der Waals surface area contributed by atoms with Crippen LogP contribution >= 0.6 is 0 Å². The lowest BCUT2D eigenvalue weighted by Gasteiger charge is -2.44. The molecule has 1 saturated heterocycles. The van der Waals surface area contributed by atoms with E-state index in [1.165, 1.54) is 0 Å². The van der Waals surface area contributed by atoms with Crippen molar-refractivity contribution in [2.45, 2.75) is 19.8 Å². The summed E-state index contributed by atoms with van der Waals surface area (Å²) in [5.74, 6) is 0.977. The van der Waals surface area contributed by atoms with E-state index in [1.54, 1.807) is 7.11 Å². The number of carbonyl (C=O) groups excluding carboxylic acids is 1. The van der Waals surface area contributed by atoms with E-state index < -0.39 is 0 Å². The summed E-state index contributed by atoms with van der Waals surface area (Å²) < 4.78 is 10.7. The van der Waals surface area contributed by atoms with Gasteiger partial charge in [0.2, 0.25) is 0 Å². The lowest BCUT2D eigenvalue weighted by molar-refractivity contribution is -0.0249. The summed E-state index contributed by atoms with van der Waals surface area (Å²) in [6.45, 7) is 3.54. The summed E-state index contributed by atoms with van der Waals surface area (Å²) in [5, 5.41) is 0. The maximum Gasteiger partial charge on any atom is 0.169 e. The van der Waals surface area contributed by atoms with E-state index in [2.05, 4.69) is 6.92 Å². The summed E-state index contributed by atoms with van der Waals surface area (Å²) in [4.78, 5) is 12.6. The number of ketones is 1. The highest BCUT2D eigenvalue weighted by Crippen LogP contribution is 2.45. The fourth-order valence-electron chi connectivity index (χ4n) is 3.17. The van der Waals surface area contributed by atoms with Gasteiger partial charge in [-0.3, -0.25) is 4.79 Å². The van der Waals surface area contributed by atoms with Crippen LogP contribution in [0.2, 0.25) is 0 Å². The predicted octanol–water partition coefficient (Wildman–Crippen LogP) is 2.48. The van der Waals surface area contributed by atoms with Crippen LogP contribution in [-0.4, -0.2) is 26.1 Å². The Morgan fingerprint density at radius 2 is 2.28 bits per heavy atom. The Hall–Kier alpha value is -1.35. The summed E-state index contributed by atoms with van der Waals surface area (Å²) in [7, 11) is 1.63. The Labute approximate surface area is 107 Å². The summed E-state index contributed by atoms with van der Waals surface area (Å²) in [6.07, 6.45) is 1.93. The molecule has 1 aromatic carbocycles. The average Bonchev–Trinajstić information content (AvgIpc) is 2.38. The fraction of sp³-hybridized carbons (Fsp3) is 0.533. The van der Waals surface area contributed by atoms with E-state index in [0.717, 1.165) is 36.3 Å². The Balaban J connectivity index is 2.06. The van der Waals surface area contributed by atoms with Crippen molar-refractivity contribution in [1.82, 2.24) is 0 Å². The Morgan fingerprint density at radius 1 is 1.44 bits per heavy atom. The van der Waals surface area contributed by atoms with Crippen molar-refractivity contribution in [3.05, 3.63) is 29.3 Å². The first-order valence-electron chi connectivity index (χ1n) is 6.43. The van der Waals surface area contributed by atoms with E-state index in [9.17, 15) is 4.79 Å². The van der Waals surface area contributed by atoms with Crippen molar-refractivity contribution < 1.29 is 14.3 Å². The smallest absolute Gasteiger partial charge is 0.169 e. The Kier molecular flexibility index (Phi) is 2.67.